The lowest BCUT2D eigenvalue weighted by Gasteiger charge is -2.26. The third kappa shape index (κ3) is 2.25. The van der Waals surface area contributed by atoms with Gasteiger partial charge in [0.05, 0.1) is 5.57 Å². The van der Waals surface area contributed by atoms with Crippen LogP contribution in [0.25, 0.3) is 6.08 Å². The van der Waals surface area contributed by atoms with E-state index in [9.17, 15) is 18.0 Å². The molecule has 0 saturated heterocycles. The molecule has 1 unspecified atom stereocenters. The van der Waals surface area contributed by atoms with Crippen LogP contribution in [0.15, 0.2) is 28.7 Å². The number of aliphatic carboxylic acids is 1. The largest absolute Gasteiger partial charge is 0.478 e. The Kier molecular flexibility index (Phi) is 3.14. The van der Waals surface area contributed by atoms with Crippen molar-refractivity contribution in [2.75, 3.05) is 0 Å². The van der Waals surface area contributed by atoms with Gasteiger partial charge in [-0.25, -0.2) is 4.79 Å². The van der Waals surface area contributed by atoms with E-state index in [1.54, 1.807) is 25.1 Å². The Hall–Kier alpha value is -1.43. The average molecular weight is 274 g/mol. The number of alkyl halides is 3. The zero-order valence-electron chi connectivity index (χ0n) is 9.28. The first-order chi connectivity index (χ1) is 8.30. The fraction of sp³-hybridized carbons (Fsp3) is 0.250. The molecule has 0 spiro atoms. The third-order valence-electron chi connectivity index (χ3n) is 2.62. The highest BCUT2D eigenvalue weighted by molar-refractivity contribution is 8.00. The fourth-order valence-electron chi connectivity index (χ4n) is 1.79. The Morgan fingerprint density at radius 3 is 2.61 bits per heavy atom. The Bertz CT molecular complexity index is 535. The van der Waals surface area contributed by atoms with Crippen molar-refractivity contribution in [3.63, 3.8) is 0 Å². The van der Waals surface area contributed by atoms with Crippen molar-refractivity contribution in [3.05, 3.63) is 34.9 Å². The smallest absolute Gasteiger partial charge is 0.405 e. The first-order valence-corrected chi connectivity index (χ1v) is 5.96. The third-order valence-corrected chi connectivity index (χ3v) is 4.17. The highest BCUT2D eigenvalue weighted by atomic mass is 32.2. The molecule has 0 bridgehead atoms. The maximum absolute atomic E-state index is 12.9. The number of benzene rings is 1. The van der Waals surface area contributed by atoms with Gasteiger partial charge in [0.25, 0.3) is 0 Å². The lowest BCUT2D eigenvalue weighted by atomic mass is 10.0. The quantitative estimate of drug-likeness (QED) is 0.851. The van der Waals surface area contributed by atoms with Crippen molar-refractivity contribution in [3.8, 4) is 0 Å². The van der Waals surface area contributed by atoms with Gasteiger partial charge < -0.3 is 5.11 Å². The van der Waals surface area contributed by atoms with Crippen molar-refractivity contribution in [2.45, 2.75) is 23.2 Å². The van der Waals surface area contributed by atoms with Crippen LogP contribution in [-0.2, 0) is 4.79 Å². The first kappa shape index (κ1) is 13.0. The van der Waals surface area contributed by atoms with Gasteiger partial charge in [-0.1, -0.05) is 18.2 Å². The van der Waals surface area contributed by atoms with Gasteiger partial charge in [0, 0.05) is 4.90 Å². The zero-order chi connectivity index (χ0) is 13.5. The summed E-state index contributed by atoms with van der Waals surface area (Å²) in [6.07, 6.45) is -3.46. The minimum absolute atomic E-state index is 0.491. The molecule has 1 aromatic carbocycles. The summed E-state index contributed by atoms with van der Waals surface area (Å²) in [7, 11) is 0. The lowest BCUT2D eigenvalue weighted by Crippen LogP contribution is -2.32. The molecular formula is C12H9F3O2S. The average Bonchev–Trinajstić information content (AvgIpc) is 2.26. The second kappa shape index (κ2) is 4.35. The SMILES string of the molecule is Cc1cccc2c1SC(C(F)(F)F)C(C(=O)O)=C2. The van der Waals surface area contributed by atoms with Crippen LogP contribution in [0.4, 0.5) is 13.2 Å². The molecule has 6 heteroatoms. The molecule has 1 aliphatic heterocycles. The highest BCUT2D eigenvalue weighted by Crippen LogP contribution is 2.46. The normalized spacial score (nSPS) is 19.1. The Morgan fingerprint density at radius 2 is 2.06 bits per heavy atom. The van der Waals surface area contributed by atoms with Gasteiger partial charge in [-0.15, -0.1) is 11.8 Å². The van der Waals surface area contributed by atoms with Gasteiger partial charge in [-0.3, -0.25) is 0 Å². The molecule has 0 amide bonds. The summed E-state index contributed by atoms with van der Waals surface area (Å²) >= 11 is 0.553. The molecule has 96 valence electrons. The van der Waals surface area contributed by atoms with E-state index in [4.69, 9.17) is 5.11 Å². The molecule has 1 aliphatic rings. The van der Waals surface area contributed by atoms with Crippen LogP contribution in [0.1, 0.15) is 11.1 Å². The van der Waals surface area contributed by atoms with Crippen LogP contribution in [0.3, 0.4) is 0 Å². The molecule has 0 fully saturated rings. The number of hydrogen-bond acceptors (Lipinski definition) is 2. The number of halogens is 3. The predicted molar refractivity (Wildman–Crippen MR) is 62.5 cm³/mol. The highest BCUT2D eigenvalue weighted by Gasteiger charge is 2.47. The second-order valence-electron chi connectivity index (χ2n) is 3.94. The predicted octanol–water partition coefficient (Wildman–Crippen LogP) is 3.50. The number of hydrogen-bond donors (Lipinski definition) is 1. The summed E-state index contributed by atoms with van der Waals surface area (Å²) in [5.74, 6) is -1.53. The van der Waals surface area contributed by atoms with E-state index in [0.29, 0.717) is 27.8 Å². The van der Waals surface area contributed by atoms with Crippen LogP contribution in [0.5, 0.6) is 0 Å². The summed E-state index contributed by atoms with van der Waals surface area (Å²) in [6.45, 7) is 1.71. The topological polar surface area (TPSA) is 37.3 Å². The monoisotopic (exact) mass is 274 g/mol. The van der Waals surface area contributed by atoms with Crippen molar-refractivity contribution < 1.29 is 23.1 Å². The van der Waals surface area contributed by atoms with Gasteiger partial charge in [0.2, 0.25) is 0 Å². The summed E-state index contributed by atoms with van der Waals surface area (Å²) in [5.41, 5.74) is 0.621. The van der Waals surface area contributed by atoms with Crippen molar-refractivity contribution in [1.29, 1.82) is 0 Å². The van der Waals surface area contributed by atoms with Gasteiger partial charge >= 0.3 is 12.1 Å². The van der Waals surface area contributed by atoms with Crippen LogP contribution in [0.2, 0.25) is 0 Å². The maximum atomic E-state index is 12.9. The van der Waals surface area contributed by atoms with Crippen LogP contribution < -0.4 is 0 Å². The van der Waals surface area contributed by atoms with Crippen LogP contribution in [0, 0.1) is 6.92 Å². The van der Waals surface area contributed by atoms with E-state index in [1.165, 1.54) is 0 Å². The second-order valence-corrected chi connectivity index (χ2v) is 5.05. The molecule has 1 aromatic rings. The Morgan fingerprint density at radius 1 is 1.39 bits per heavy atom. The van der Waals surface area contributed by atoms with E-state index < -0.39 is 23.0 Å². The number of fused-ring (bicyclic) bond motifs is 1. The number of rotatable bonds is 1. The van der Waals surface area contributed by atoms with Crippen molar-refractivity contribution in [1.82, 2.24) is 0 Å². The summed E-state index contributed by atoms with van der Waals surface area (Å²) in [5, 5.41) is 6.87. The maximum Gasteiger partial charge on any atom is 0.405 e. The molecule has 0 saturated carbocycles. The van der Waals surface area contributed by atoms with Gasteiger partial charge in [-0.05, 0) is 24.1 Å². The Labute approximate surface area is 106 Å². The van der Waals surface area contributed by atoms with Crippen molar-refractivity contribution in [2.24, 2.45) is 0 Å². The van der Waals surface area contributed by atoms with Gasteiger partial charge in [0.1, 0.15) is 5.25 Å². The molecule has 1 atom stereocenters. The van der Waals surface area contributed by atoms with Crippen molar-refractivity contribution >= 4 is 23.8 Å². The summed E-state index contributed by atoms with van der Waals surface area (Å²) < 4.78 is 38.6. The molecule has 1 heterocycles. The van der Waals surface area contributed by atoms with E-state index in [2.05, 4.69) is 0 Å². The van der Waals surface area contributed by atoms with E-state index in [-0.39, 0.29) is 0 Å². The van der Waals surface area contributed by atoms with Crippen LogP contribution >= 0.6 is 11.8 Å². The number of thioether (sulfide) groups is 1. The van der Waals surface area contributed by atoms with E-state index >= 15 is 0 Å². The minimum Gasteiger partial charge on any atom is -0.478 e. The lowest BCUT2D eigenvalue weighted by molar-refractivity contribution is -0.140. The number of carbonyl (C=O) groups is 1. The summed E-state index contributed by atoms with van der Waals surface area (Å²) in [4.78, 5) is 11.4. The fourth-order valence-corrected chi connectivity index (χ4v) is 2.97. The van der Waals surface area contributed by atoms with Gasteiger partial charge in [0.15, 0.2) is 0 Å². The molecule has 0 radical (unpaired) electrons. The molecule has 0 aliphatic carbocycles. The molecule has 2 rings (SSSR count). The number of carboxylic acid groups (broad SMARTS) is 1. The van der Waals surface area contributed by atoms with Crippen LogP contribution in [-0.4, -0.2) is 22.5 Å². The zero-order valence-corrected chi connectivity index (χ0v) is 10.1. The molecule has 0 aromatic heterocycles. The first-order valence-electron chi connectivity index (χ1n) is 5.08. The standard InChI is InChI=1S/C12H9F3O2S/c1-6-3-2-4-7-5-8(11(16)17)10(12(13,14)15)18-9(6)7/h2-5,10H,1H3,(H,16,17). The molecule has 2 nitrogen and oxygen atoms in total. The summed E-state index contributed by atoms with van der Waals surface area (Å²) in [6, 6.07) is 5.02. The molecular weight excluding hydrogens is 265 g/mol. The molecule has 18 heavy (non-hydrogen) atoms. The Balaban J connectivity index is 2.57. The van der Waals surface area contributed by atoms with E-state index in [0.717, 1.165) is 6.08 Å². The minimum atomic E-state index is -4.57. The van der Waals surface area contributed by atoms with E-state index in [1.807, 2.05) is 0 Å². The van der Waals surface area contributed by atoms with Gasteiger partial charge in [-0.2, -0.15) is 13.2 Å². The number of aryl methyl sites for hydroxylation is 1. The number of carboxylic acids is 1. The molecule has 1 N–H and O–H groups in total.